The van der Waals surface area contributed by atoms with E-state index in [2.05, 4.69) is 70.5 Å². The molecule has 0 aliphatic rings. The van der Waals surface area contributed by atoms with Gasteiger partial charge in [-0.15, -0.1) is 0 Å². The molecule has 1 aromatic carbocycles. The second kappa shape index (κ2) is 6.97. The maximum absolute atomic E-state index is 5.71. The number of hydrogen-bond donors (Lipinski definition) is 2. The van der Waals surface area contributed by atoms with Crippen LogP contribution in [0.1, 0.15) is 42.5 Å². The van der Waals surface area contributed by atoms with Crippen LogP contribution in [0.2, 0.25) is 0 Å². The van der Waals surface area contributed by atoms with Gasteiger partial charge >= 0.3 is 0 Å². The highest BCUT2D eigenvalue weighted by atomic mass is 79.9. The largest absolute Gasteiger partial charge is 0.271 e. The SMILES string of the molecule is CC(C)c1ccc(C(Cc2cncc(Br)c2)NN)cc1. The van der Waals surface area contributed by atoms with Crippen LogP contribution in [0.3, 0.4) is 0 Å². The number of nitrogens with zero attached hydrogens (tertiary/aromatic N) is 1. The first kappa shape index (κ1) is 15.2. The Morgan fingerprint density at radius 3 is 2.35 bits per heavy atom. The maximum atomic E-state index is 5.71. The normalized spacial score (nSPS) is 12.7. The molecule has 0 aliphatic carbocycles. The monoisotopic (exact) mass is 333 g/mol. The third-order valence-corrected chi connectivity index (χ3v) is 3.84. The highest BCUT2D eigenvalue weighted by molar-refractivity contribution is 9.10. The zero-order chi connectivity index (χ0) is 14.5. The summed E-state index contributed by atoms with van der Waals surface area (Å²) in [4.78, 5) is 4.19. The molecule has 2 aromatic rings. The molecular weight excluding hydrogens is 314 g/mol. The number of benzene rings is 1. The fourth-order valence-corrected chi connectivity index (χ4v) is 2.60. The van der Waals surface area contributed by atoms with Crippen LogP contribution in [0.25, 0.3) is 0 Å². The smallest absolute Gasteiger partial charge is 0.0500 e. The quantitative estimate of drug-likeness (QED) is 0.647. The van der Waals surface area contributed by atoms with Gasteiger partial charge in [0, 0.05) is 16.9 Å². The van der Waals surface area contributed by atoms with Crippen LogP contribution in [-0.4, -0.2) is 4.98 Å². The number of hydrazine groups is 1. The van der Waals surface area contributed by atoms with E-state index in [4.69, 9.17) is 5.84 Å². The Kier molecular flexibility index (Phi) is 5.29. The van der Waals surface area contributed by atoms with Gasteiger partial charge in [0.15, 0.2) is 0 Å². The summed E-state index contributed by atoms with van der Waals surface area (Å²) in [6, 6.07) is 10.8. The summed E-state index contributed by atoms with van der Waals surface area (Å²) in [7, 11) is 0. The summed E-state index contributed by atoms with van der Waals surface area (Å²) in [5.41, 5.74) is 6.57. The molecule has 0 fully saturated rings. The van der Waals surface area contributed by atoms with Crippen LogP contribution in [0.4, 0.5) is 0 Å². The van der Waals surface area contributed by atoms with Crippen LogP contribution in [-0.2, 0) is 6.42 Å². The number of halogens is 1. The average molecular weight is 334 g/mol. The van der Waals surface area contributed by atoms with Crippen molar-refractivity contribution in [2.24, 2.45) is 5.84 Å². The van der Waals surface area contributed by atoms with Gasteiger partial charge in [0.1, 0.15) is 0 Å². The molecule has 0 radical (unpaired) electrons. The standard InChI is InChI=1S/C16H20BrN3/c1-11(2)13-3-5-14(6-4-13)16(20-18)8-12-7-15(17)10-19-9-12/h3-7,9-11,16,20H,8,18H2,1-2H3. The van der Waals surface area contributed by atoms with Crippen molar-refractivity contribution in [3.05, 3.63) is 63.9 Å². The molecule has 0 saturated carbocycles. The fourth-order valence-electron chi connectivity index (χ4n) is 2.19. The van der Waals surface area contributed by atoms with Crippen LogP contribution in [0.15, 0.2) is 47.2 Å². The second-order valence-corrected chi connectivity index (χ2v) is 6.17. The Balaban J connectivity index is 2.15. The Hall–Kier alpha value is -1.23. The third-order valence-electron chi connectivity index (χ3n) is 3.41. The van der Waals surface area contributed by atoms with E-state index in [1.807, 2.05) is 6.20 Å². The molecule has 3 nitrogen and oxygen atoms in total. The summed E-state index contributed by atoms with van der Waals surface area (Å²) in [5, 5.41) is 0. The molecule has 1 atom stereocenters. The van der Waals surface area contributed by atoms with Gasteiger partial charge in [-0.25, -0.2) is 0 Å². The molecule has 0 aliphatic heterocycles. The van der Waals surface area contributed by atoms with Gasteiger partial charge in [0.25, 0.3) is 0 Å². The Bertz CT molecular complexity index is 552. The van der Waals surface area contributed by atoms with Gasteiger partial charge in [-0.3, -0.25) is 16.3 Å². The average Bonchev–Trinajstić information content (AvgIpc) is 2.45. The van der Waals surface area contributed by atoms with Gasteiger partial charge in [-0.05, 0) is 51.0 Å². The van der Waals surface area contributed by atoms with E-state index in [9.17, 15) is 0 Å². The molecular formula is C16H20BrN3. The summed E-state index contributed by atoms with van der Waals surface area (Å²) >= 11 is 3.44. The van der Waals surface area contributed by atoms with Crippen molar-refractivity contribution in [1.29, 1.82) is 0 Å². The van der Waals surface area contributed by atoms with Gasteiger partial charge in [0.2, 0.25) is 0 Å². The number of rotatable bonds is 5. The molecule has 4 heteroatoms. The van der Waals surface area contributed by atoms with E-state index >= 15 is 0 Å². The summed E-state index contributed by atoms with van der Waals surface area (Å²) in [5.74, 6) is 6.25. The van der Waals surface area contributed by atoms with Crippen molar-refractivity contribution in [3.63, 3.8) is 0 Å². The maximum Gasteiger partial charge on any atom is 0.0500 e. The molecule has 0 saturated heterocycles. The first-order valence-electron chi connectivity index (χ1n) is 6.75. The number of nitrogens with one attached hydrogen (secondary N) is 1. The second-order valence-electron chi connectivity index (χ2n) is 5.26. The lowest BCUT2D eigenvalue weighted by Gasteiger charge is -2.17. The van der Waals surface area contributed by atoms with Crippen LogP contribution >= 0.6 is 15.9 Å². The highest BCUT2D eigenvalue weighted by Gasteiger charge is 2.11. The molecule has 0 spiro atoms. The minimum Gasteiger partial charge on any atom is -0.271 e. The van der Waals surface area contributed by atoms with Crippen molar-refractivity contribution in [2.45, 2.75) is 32.2 Å². The van der Waals surface area contributed by atoms with Crippen molar-refractivity contribution in [1.82, 2.24) is 10.4 Å². The van der Waals surface area contributed by atoms with E-state index in [0.717, 1.165) is 16.5 Å². The third kappa shape index (κ3) is 3.88. The van der Waals surface area contributed by atoms with Crippen LogP contribution < -0.4 is 11.3 Å². The van der Waals surface area contributed by atoms with Crippen molar-refractivity contribution in [3.8, 4) is 0 Å². The molecule has 3 N–H and O–H groups in total. The predicted octanol–water partition coefficient (Wildman–Crippen LogP) is 3.71. The molecule has 0 amide bonds. The van der Waals surface area contributed by atoms with E-state index < -0.39 is 0 Å². The summed E-state index contributed by atoms with van der Waals surface area (Å²) < 4.78 is 0.987. The Labute approximate surface area is 128 Å². The van der Waals surface area contributed by atoms with E-state index in [0.29, 0.717) is 5.92 Å². The van der Waals surface area contributed by atoms with Crippen molar-refractivity contribution in [2.75, 3.05) is 0 Å². The molecule has 20 heavy (non-hydrogen) atoms. The lowest BCUT2D eigenvalue weighted by Crippen LogP contribution is -2.29. The number of hydrogen-bond acceptors (Lipinski definition) is 3. The molecule has 106 valence electrons. The Morgan fingerprint density at radius 2 is 1.80 bits per heavy atom. The molecule has 1 unspecified atom stereocenters. The molecule has 1 aromatic heterocycles. The van der Waals surface area contributed by atoms with E-state index in [-0.39, 0.29) is 6.04 Å². The van der Waals surface area contributed by atoms with Gasteiger partial charge in [-0.2, -0.15) is 0 Å². The van der Waals surface area contributed by atoms with Crippen LogP contribution in [0, 0.1) is 0 Å². The number of pyridine rings is 1. The number of nitrogens with two attached hydrogens (primary N) is 1. The summed E-state index contributed by atoms with van der Waals surface area (Å²) in [6.45, 7) is 4.39. The topological polar surface area (TPSA) is 50.9 Å². The number of aromatic nitrogens is 1. The van der Waals surface area contributed by atoms with Crippen LogP contribution in [0.5, 0.6) is 0 Å². The lowest BCUT2D eigenvalue weighted by atomic mass is 9.96. The predicted molar refractivity (Wildman–Crippen MR) is 86.2 cm³/mol. The molecule has 0 bridgehead atoms. The fraction of sp³-hybridized carbons (Fsp3) is 0.312. The van der Waals surface area contributed by atoms with E-state index in [1.165, 1.54) is 11.1 Å². The molecule has 2 rings (SSSR count). The lowest BCUT2D eigenvalue weighted by molar-refractivity contribution is 0.551. The first-order valence-corrected chi connectivity index (χ1v) is 7.55. The van der Waals surface area contributed by atoms with Gasteiger partial charge < -0.3 is 0 Å². The zero-order valence-electron chi connectivity index (χ0n) is 11.8. The van der Waals surface area contributed by atoms with E-state index in [1.54, 1.807) is 6.20 Å². The minimum absolute atomic E-state index is 0.0901. The molecule has 1 heterocycles. The minimum atomic E-state index is 0.0901. The Morgan fingerprint density at radius 1 is 1.15 bits per heavy atom. The first-order chi connectivity index (χ1) is 9.60. The van der Waals surface area contributed by atoms with Gasteiger partial charge in [-0.1, -0.05) is 38.1 Å². The highest BCUT2D eigenvalue weighted by Crippen LogP contribution is 2.22. The zero-order valence-corrected chi connectivity index (χ0v) is 13.4. The van der Waals surface area contributed by atoms with Crippen molar-refractivity contribution < 1.29 is 0 Å². The van der Waals surface area contributed by atoms with Gasteiger partial charge in [0.05, 0.1) is 6.04 Å². The summed E-state index contributed by atoms with van der Waals surface area (Å²) in [6.07, 6.45) is 4.47. The van der Waals surface area contributed by atoms with Crippen molar-refractivity contribution >= 4 is 15.9 Å².